The molecule has 4 nitrogen and oxygen atoms in total. The summed E-state index contributed by atoms with van der Waals surface area (Å²) in [5.74, 6) is -1.35. The maximum absolute atomic E-state index is 12.3. The van der Waals surface area contributed by atoms with E-state index in [4.69, 9.17) is 5.11 Å². The maximum atomic E-state index is 12.3. The van der Waals surface area contributed by atoms with Crippen LogP contribution in [0.4, 0.5) is 8.78 Å². The summed E-state index contributed by atoms with van der Waals surface area (Å²) in [6, 6.07) is 0. The molecule has 0 atom stereocenters. The number of aromatic carboxylic acids is 1. The van der Waals surface area contributed by atoms with Crippen LogP contribution in [0.15, 0.2) is 11.0 Å². The Hall–Kier alpha value is -0.990. The van der Waals surface area contributed by atoms with Crippen molar-refractivity contribution >= 4 is 28.6 Å². The van der Waals surface area contributed by atoms with E-state index in [9.17, 15) is 18.4 Å². The number of carbonyl (C=O) groups is 1. The van der Waals surface area contributed by atoms with E-state index in [1.54, 1.807) is 0 Å². The molecule has 1 rings (SSSR count). The Balaban J connectivity index is 3.49. The van der Waals surface area contributed by atoms with Gasteiger partial charge in [-0.25, -0.2) is 13.6 Å². The van der Waals surface area contributed by atoms with Crippen molar-refractivity contribution < 1.29 is 18.7 Å². The van der Waals surface area contributed by atoms with E-state index >= 15 is 0 Å². The molecule has 0 spiro atoms. The van der Waals surface area contributed by atoms with Crippen LogP contribution in [0.1, 0.15) is 22.3 Å². The van der Waals surface area contributed by atoms with E-state index in [1.807, 2.05) is 4.98 Å². The Morgan fingerprint density at radius 2 is 2.14 bits per heavy atom. The van der Waals surface area contributed by atoms with Crippen molar-refractivity contribution in [2.75, 3.05) is 0 Å². The van der Waals surface area contributed by atoms with E-state index < -0.39 is 23.5 Å². The molecule has 0 aliphatic heterocycles. The molecule has 14 heavy (non-hydrogen) atoms. The number of alkyl halides is 2. The fourth-order valence-corrected chi connectivity index (χ4v) is 1.74. The molecule has 1 heterocycles. The van der Waals surface area contributed by atoms with Gasteiger partial charge in [-0.05, 0) is 22.6 Å². The molecular weight excluding hydrogens is 311 g/mol. The highest BCUT2D eigenvalue weighted by molar-refractivity contribution is 14.1. The Morgan fingerprint density at radius 1 is 1.57 bits per heavy atom. The molecule has 0 aliphatic rings. The smallest absolute Gasteiger partial charge is 0.338 e. The van der Waals surface area contributed by atoms with E-state index in [1.165, 1.54) is 22.6 Å². The normalized spacial score (nSPS) is 10.6. The predicted molar refractivity (Wildman–Crippen MR) is 51.7 cm³/mol. The zero-order chi connectivity index (χ0) is 10.9. The topological polar surface area (TPSA) is 70.2 Å². The van der Waals surface area contributed by atoms with E-state index in [2.05, 4.69) is 0 Å². The molecule has 0 amide bonds. The van der Waals surface area contributed by atoms with Crippen molar-refractivity contribution in [3.05, 3.63) is 31.2 Å². The van der Waals surface area contributed by atoms with Gasteiger partial charge < -0.3 is 10.1 Å². The lowest BCUT2D eigenvalue weighted by atomic mass is 10.2. The number of carboxylic acids is 1. The number of hydrogen-bond donors (Lipinski definition) is 2. The van der Waals surface area contributed by atoms with Crippen LogP contribution < -0.4 is 5.56 Å². The van der Waals surface area contributed by atoms with Crippen LogP contribution >= 0.6 is 22.6 Å². The van der Waals surface area contributed by atoms with Gasteiger partial charge >= 0.3 is 5.97 Å². The zero-order valence-electron chi connectivity index (χ0n) is 6.55. The first-order valence-electron chi connectivity index (χ1n) is 3.37. The number of hydrogen-bond acceptors (Lipinski definition) is 2. The van der Waals surface area contributed by atoms with Crippen molar-refractivity contribution in [2.24, 2.45) is 0 Å². The number of aromatic nitrogens is 1. The lowest BCUT2D eigenvalue weighted by Gasteiger charge is -2.04. The summed E-state index contributed by atoms with van der Waals surface area (Å²) in [6.07, 6.45) is -2.08. The molecule has 0 saturated heterocycles. The molecule has 0 unspecified atom stereocenters. The molecule has 1 aromatic rings. The van der Waals surface area contributed by atoms with E-state index in [0.29, 0.717) is 0 Å². The Bertz CT molecular complexity index is 429. The fraction of sp³-hybridized carbons (Fsp3) is 0.143. The SMILES string of the molecule is O=C(O)c1c[nH]c(=O)c(C(F)F)c1I. The van der Waals surface area contributed by atoms with Gasteiger partial charge in [-0.2, -0.15) is 0 Å². The third-order valence-corrected chi connectivity index (χ3v) is 2.68. The number of carboxylic acid groups (broad SMARTS) is 1. The second-order valence-corrected chi connectivity index (χ2v) is 3.44. The van der Waals surface area contributed by atoms with Crippen LogP contribution in [0, 0.1) is 3.57 Å². The monoisotopic (exact) mass is 315 g/mol. The summed E-state index contributed by atoms with van der Waals surface area (Å²) in [6.45, 7) is 0. The van der Waals surface area contributed by atoms with Crippen LogP contribution in [0.5, 0.6) is 0 Å². The first-order valence-corrected chi connectivity index (χ1v) is 4.45. The van der Waals surface area contributed by atoms with Crippen molar-refractivity contribution in [3.8, 4) is 0 Å². The summed E-state index contributed by atoms with van der Waals surface area (Å²) >= 11 is 1.42. The van der Waals surface area contributed by atoms with Crippen molar-refractivity contribution in [1.29, 1.82) is 0 Å². The average Bonchev–Trinajstić information content (AvgIpc) is 2.02. The highest BCUT2D eigenvalue weighted by Crippen LogP contribution is 2.22. The van der Waals surface area contributed by atoms with Crippen LogP contribution in [0.3, 0.4) is 0 Å². The summed E-state index contributed by atoms with van der Waals surface area (Å²) in [5, 5.41) is 8.59. The number of pyridine rings is 1. The Kier molecular flexibility index (Phi) is 3.19. The number of H-pyrrole nitrogens is 1. The molecule has 0 fully saturated rings. The first kappa shape index (κ1) is 11.1. The van der Waals surface area contributed by atoms with Crippen molar-refractivity contribution in [3.63, 3.8) is 0 Å². The second-order valence-electron chi connectivity index (χ2n) is 2.36. The average molecular weight is 315 g/mol. The molecule has 0 radical (unpaired) electrons. The molecule has 0 saturated carbocycles. The molecule has 0 aliphatic carbocycles. The Morgan fingerprint density at radius 3 is 2.57 bits per heavy atom. The van der Waals surface area contributed by atoms with E-state index in [-0.39, 0.29) is 9.13 Å². The van der Waals surface area contributed by atoms with Gasteiger partial charge in [0.05, 0.1) is 11.1 Å². The lowest BCUT2D eigenvalue weighted by Crippen LogP contribution is -2.18. The van der Waals surface area contributed by atoms with Gasteiger partial charge in [-0.1, -0.05) is 0 Å². The molecule has 0 aromatic carbocycles. The van der Waals surface area contributed by atoms with Gasteiger partial charge in [-0.15, -0.1) is 0 Å². The van der Waals surface area contributed by atoms with Crippen LogP contribution in [0.25, 0.3) is 0 Å². The minimum absolute atomic E-state index is 0.228. The number of nitrogens with one attached hydrogen (secondary N) is 1. The molecule has 1 aromatic heterocycles. The minimum Gasteiger partial charge on any atom is -0.478 e. The predicted octanol–water partition coefficient (Wildman–Crippen LogP) is 1.62. The first-order chi connectivity index (χ1) is 6.45. The van der Waals surface area contributed by atoms with Gasteiger partial charge in [0.1, 0.15) is 0 Å². The number of aromatic amines is 1. The van der Waals surface area contributed by atoms with Gasteiger partial charge in [0.15, 0.2) is 0 Å². The highest BCUT2D eigenvalue weighted by Gasteiger charge is 2.21. The van der Waals surface area contributed by atoms with Crippen LogP contribution in [-0.4, -0.2) is 16.1 Å². The third-order valence-electron chi connectivity index (χ3n) is 1.51. The minimum atomic E-state index is -2.98. The van der Waals surface area contributed by atoms with E-state index in [0.717, 1.165) is 6.20 Å². The molecule has 2 N–H and O–H groups in total. The maximum Gasteiger partial charge on any atom is 0.338 e. The Labute approximate surface area is 90.1 Å². The van der Waals surface area contributed by atoms with Crippen molar-refractivity contribution in [1.82, 2.24) is 4.98 Å². The molecule has 0 bridgehead atoms. The molecule has 7 heteroatoms. The lowest BCUT2D eigenvalue weighted by molar-refractivity contribution is 0.0694. The quantitative estimate of drug-likeness (QED) is 0.815. The zero-order valence-corrected chi connectivity index (χ0v) is 8.71. The summed E-state index contributed by atoms with van der Waals surface area (Å²) in [4.78, 5) is 23.4. The second kappa shape index (κ2) is 4.03. The number of halogens is 3. The fourth-order valence-electron chi connectivity index (χ4n) is 0.874. The molecular formula is C7H4F2INO3. The van der Waals surface area contributed by atoms with Gasteiger partial charge in [0.2, 0.25) is 0 Å². The number of rotatable bonds is 2. The third kappa shape index (κ3) is 1.91. The standard InChI is InChI=1S/C7H4F2INO3/c8-5(9)3-4(10)2(7(13)14)1-11-6(3)12/h1,5H,(H,11,12)(H,13,14). The summed E-state index contributed by atoms with van der Waals surface area (Å²) in [5.41, 5.74) is -2.10. The van der Waals surface area contributed by atoms with Gasteiger partial charge in [0, 0.05) is 9.77 Å². The largest absolute Gasteiger partial charge is 0.478 e. The highest BCUT2D eigenvalue weighted by atomic mass is 127. The van der Waals surface area contributed by atoms with Crippen LogP contribution in [-0.2, 0) is 0 Å². The van der Waals surface area contributed by atoms with Crippen LogP contribution in [0.2, 0.25) is 0 Å². The summed E-state index contributed by atoms with van der Waals surface area (Å²) in [7, 11) is 0. The van der Waals surface area contributed by atoms with Crippen molar-refractivity contribution in [2.45, 2.75) is 6.43 Å². The summed E-state index contributed by atoms with van der Waals surface area (Å²) < 4.78 is 24.4. The van der Waals surface area contributed by atoms with Gasteiger partial charge in [0.25, 0.3) is 12.0 Å². The van der Waals surface area contributed by atoms with Gasteiger partial charge in [-0.3, -0.25) is 4.79 Å². The molecule has 76 valence electrons.